The van der Waals surface area contributed by atoms with Crippen molar-refractivity contribution in [3.8, 4) is 5.75 Å². The molecule has 0 spiro atoms. The Balaban J connectivity index is 2.11. The van der Waals surface area contributed by atoms with Crippen LogP contribution in [-0.4, -0.2) is 23.4 Å². The highest BCUT2D eigenvalue weighted by Crippen LogP contribution is 2.40. The molecule has 21 heavy (non-hydrogen) atoms. The maximum atomic E-state index is 13.0. The zero-order valence-corrected chi connectivity index (χ0v) is 11.4. The Morgan fingerprint density at radius 3 is 2.52 bits per heavy atom. The van der Waals surface area contributed by atoms with Crippen LogP contribution in [0.4, 0.5) is 10.1 Å². The quantitative estimate of drug-likeness (QED) is 0.901. The molecule has 0 amide bonds. The first-order valence-electron chi connectivity index (χ1n) is 6.82. The number of hydrogen-bond donors (Lipinski definition) is 2. The first kappa shape index (κ1) is 13.5. The first-order valence-corrected chi connectivity index (χ1v) is 6.82. The lowest BCUT2D eigenvalue weighted by molar-refractivity contribution is 0.357. The summed E-state index contributed by atoms with van der Waals surface area (Å²) in [6.07, 6.45) is 1.63. The minimum atomic E-state index is -0.517. The number of fused-ring (bicyclic) bond motifs is 1. The van der Waals surface area contributed by atoms with Crippen molar-refractivity contribution in [3.05, 3.63) is 65.4 Å². The highest BCUT2D eigenvalue weighted by molar-refractivity contribution is 5.75. The molecule has 3 nitrogen and oxygen atoms in total. The van der Waals surface area contributed by atoms with Gasteiger partial charge in [0.15, 0.2) is 0 Å². The van der Waals surface area contributed by atoms with Gasteiger partial charge in [0.05, 0.1) is 0 Å². The molecule has 0 fully saturated rings. The molecule has 2 N–H and O–H groups in total. The van der Waals surface area contributed by atoms with Gasteiger partial charge >= 0.3 is 0 Å². The van der Waals surface area contributed by atoms with E-state index in [1.807, 2.05) is 35.2 Å². The van der Waals surface area contributed by atoms with Gasteiger partial charge in [-0.25, -0.2) is 4.39 Å². The molecule has 1 aliphatic rings. The third kappa shape index (κ3) is 2.44. The lowest BCUT2D eigenvalue weighted by Gasteiger charge is -2.37. The molecule has 1 unspecified atom stereocenters. The third-order valence-corrected chi connectivity index (χ3v) is 3.66. The highest BCUT2D eigenvalue weighted by atomic mass is 19.1. The Kier molecular flexibility index (Phi) is 3.52. The van der Waals surface area contributed by atoms with Gasteiger partial charge in [0.2, 0.25) is 0 Å². The van der Waals surface area contributed by atoms with Crippen LogP contribution >= 0.6 is 0 Å². The summed E-state index contributed by atoms with van der Waals surface area (Å²) in [6.45, 7) is -0.341. The fourth-order valence-electron chi connectivity index (χ4n) is 2.78. The molecule has 3 rings (SSSR count). The minimum Gasteiger partial charge on any atom is -0.510 e. The number of phenolic OH excluding ortho intramolecular Hbond substituents is 1. The maximum absolute atomic E-state index is 13.0. The maximum Gasteiger partial charge on any atom is 0.120 e. The van der Waals surface area contributed by atoms with Crippen molar-refractivity contribution >= 4 is 11.8 Å². The van der Waals surface area contributed by atoms with Crippen LogP contribution in [0.25, 0.3) is 6.08 Å². The summed E-state index contributed by atoms with van der Waals surface area (Å²) in [4.78, 5) is 1.82. The normalized spacial score (nSPS) is 17.3. The number of aliphatic hydroxyl groups is 1. The topological polar surface area (TPSA) is 43.7 Å². The van der Waals surface area contributed by atoms with Crippen LogP contribution in [-0.2, 0) is 0 Å². The van der Waals surface area contributed by atoms with Crippen molar-refractivity contribution in [2.24, 2.45) is 0 Å². The van der Waals surface area contributed by atoms with Crippen molar-refractivity contribution in [2.45, 2.75) is 6.04 Å². The smallest absolute Gasteiger partial charge is 0.120 e. The van der Waals surface area contributed by atoms with E-state index < -0.39 is 12.7 Å². The Morgan fingerprint density at radius 1 is 1.05 bits per heavy atom. The lowest BCUT2D eigenvalue weighted by atomic mass is 9.95. The number of aromatic hydroxyl groups is 1. The molecule has 0 saturated carbocycles. The van der Waals surface area contributed by atoms with Crippen molar-refractivity contribution in [1.82, 2.24) is 0 Å². The van der Waals surface area contributed by atoms with Crippen LogP contribution in [0.3, 0.4) is 0 Å². The van der Waals surface area contributed by atoms with Crippen LogP contribution in [0.1, 0.15) is 17.2 Å². The van der Waals surface area contributed by atoms with E-state index in [9.17, 15) is 14.6 Å². The summed E-state index contributed by atoms with van der Waals surface area (Å²) in [5.74, 6) is 0.268. The number of benzene rings is 2. The second kappa shape index (κ2) is 5.48. The standard InChI is InChI=1S/C17H16FNO2/c18-8-9-19-15-7-6-14(20)10-13(15)11-16(21)17(19)12-4-2-1-3-5-12/h1-7,10-11,17,20-21H,8-9H2. The molecule has 1 atom stereocenters. The molecule has 1 aliphatic heterocycles. The Bertz CT molecular complexity index is 670. The van der Waals surface area contributed by atoms with E-state index in [-0.39, 0.29) is 18.1 Å². The van der Waals surface area contributed by atoms with Crippen molar-refractivity contribution in [1.29, 1.82) is 0 Å². The molecule has 0 aliphatic carbocycles. The summed E-state index contributed by atoms with van der Waals surface area (Å²) < 4.78 is 13.0. The number of nitrogens with zero attached hydrogens (tertiary/aromatic N) is 1. The van der Waals surface area contributed by atoms with Crippen LogP contribution in [0.2, 0.25) is 0 Å². The monoisotopic (exact) mass is 285 g/mol. The Morgan fingerprint density at radius 2 is 1.81 bits per heavy atom. The molecule has 1 heterocycles. The Hall–Kier alpha value is -2.49. The van der Waals surface area contributed by atoms with Crippen LogP contribution < -0.4 is 4.90 Å². The van der Waals surface area contributed by atoms with Gasteiger partial charge in [-0.1, -0.05) is 30.3 Å². The van der Waals surface area contributed by atoms with E-state index in [2.05, 4.69) is 0 Å². The van der Waals surface area contributed by atoms with E-state index >= 15 is 0 Å². The number of anilines is 1. The van der Waals surface area contributed by atoms with Crippen molar-refractivity contribution in [2.75, 3.05) is 18.1 Å². The molecule has 2 aromatic carbocycles. The third-order valence-electron chi connectivity index (χ3n) is 3.66. The average molecular weight is 285 g/mol. The first-order chi connectivity index (χ1) is 10.2. The molecule has 0 radical (unpaired) electrons. The SMILES string of the molecule is OC1=Cc2cc(O)ccc2N(CCF)C1c1ccccc1. The van der Waals surface area contributed by atoms with Gasteiger partial charge in [0.1, 0.15) is 24.2 Å². The molecule has 4 heteroatoms. The number of phenols is 1. The van der Waals surface area contributed by atoms with E-state index in [1.165, 1.54) is 0 Å². The van der Waals surface area contributed by atoms with Crippen LogP contribution in [0, 0.1) is 0 Å². The average Bonchev–Trinajstić information content (AvgIpc) is 2.48. The van der Waals surface area contributed by atoms with Crippen molar-refractivity contribution in [3.63, 3.8) is 0 Å². The van der Waals surface area contributed by atoms with Gasteiger partial charge in [-0.3, -0.25) is 0 Å². The highest BCUT2D eigenvalue weighted by Gasteiger charge is 2.29. The summed E-state index contributed by atoms with van der Waals surface area (Å²) >= 11 is 0. The van der Waals surface area contributed by atoms with E-state index in [0.717, 1.165) is 11.3 Å². The molecule has 108 valence electrons. The van der Waals surface area contributed by atoms with Gasteiger partial charge in [0, 0.05) is 17.8 Å². The van der Waals surface area contributed by atoms with Gasteiger partial charge in [-0.15, -0.1) is 0 Å². The molecular weight excluding hydrogens is 269 g/mol. The zero-order chi connectivity index (χ0) is 14.8. The van der Waals surface area contributed by atoms with Gasteiger partial charge in [-0.2, -0.15) is 0 Å². The number of halogens is 1. The summed E-state index contributed by atoms with van der Waals surface area (Å²) in [5, 5.41) is 19.9. The van der Waals surface area contributed by atoms with E-state index in [0.29, 0.717) is 5.56 Å². The Labute approximate surface area is 122 Å². The largest absolute Gasteiger partial charge is 0.510 e. The molecule has 0 aromatic heterocycles. The van der Waals surface area contributed by atoms with Gasteiger partial charge in [-0.05, 0) is 29.8 Å². The second-order valence-electron chi connectivity index (χ2n) is 5.01. The predicted molar refractivity (Wildman–Crippen MR) is 81.2 cm³/mol. The molecular formula is C17H16FNO2. The summed E-state index contributed by atoms with van der Waals surface area (Å²) in [6, 6.07) is 14.0. The summed E-state index contributed by atoms with van der Waals surface area (Å²) in [7, 11) is 0. The van der Waals surface area contributed by atoms with E-state index in [1.54, 1.807) is 24.3 Å². The van der Waals surface area contributed by atoms with Crippen LogP contribution in [0.5, 0.6) is 5.75 Å². The summed E-state index contributed by atoms with van der Waals surface area (Å²) in [5.41, 5.74) is 2.39. The molecule has 2 aromatic rings. The van der Waals surface area contributed by atoms with Crippen molar-refractivity contribution < 1.29 is 14.6 Å². The number of hydrogen-bond acceptors (Lipinski definition) is 3. The lowest BCUT2D eigenvalue weighted by Crippen LogP contribution is -2.34. The predicted octanol–water partition coefficient (Wildman–Crippen LogP) is 3.82. The zero-order valence-electron chi connectivity index (χ0n) is 11.4. The van der Waals surface area contributed by atoms with E-state index in [4.69, 9.17) is 0 Å². The second-order valence-corrected chi connectivity index (χ2v) is 5.01. The number of aliphatic hydroxyl groups excluding tert-OH is 1. The minimum absolute atomic E-state index is 0.121. The number of alkyl halides is 1. The van der Waals surface area contributed by atoms with Gasteiger partial charge in [0.25, 0.3) is 0 Å². The molecule has 0 bridgehead atoms. The van der Waals surface area contributed by atoms with Crippen LogP contribution in [0.15, 0.2) is 54.3 Å². The fraction of sp³-hybridized carbons (Fsp3) is 0.176. The fourth-order valence-corrected chi connectivity index (χ4v) is 2.78. The van der Waals surface area contributed by atoms with Gasteiger partial charge < -0.3 is 15.1 Å². The number of rotatable bonds is 3. The molecule has 0 saturated heterocycles.